The fourth-order valence-corrected chi connectivity index (χ4v) is 2.96. The van der Waals surface area contributed by atoms with E-state index in [0.717, 1.165) is 18.5 Å². The molecule has 1 rings (SSSR count). The highest BCUT2D eigenvalue weighted by Gasteiger charge is 2.31. The van der Waals surface area contributed by atoms with Crippen LogP contribution in [-0.4, -0.2) is 55.6 Å². The molecule has 3 nitrogen and oxygen atoms in total. The summed E-state index contributed by atoms with van der Waals surface area (Å²) < 4.78 is 0. The molecular formula is C13H29N3. The zero-order chi connectivity index (χ0) is 12.1. The van der Waals surface area contributed by atoms with E-state index in [-0.39, 0.29) is 0 Å². The molecule has 0 saturated carbocycles. The average molecular weight is 227 g/mol. The zero-order valence-electron chi connectivity index (χ0n) is 11.4. The fraction of sp³-hybridized carbons (Fsp3) is 1.00. The largest absolute Gasteiger partial charge is 0.329 e. The Hall–Kier alpha value is -0.120. The van der Waals surface area contributed by atoms with Crippen molar-refractivity contribution in [3.8, 4) is 0 Å². The lowest BCUT2D eigenvalue weighted by atomic mass is 9.93. The molecule has 0 aromatic heterocycles. The Balaban J connectivity index is 2.55. The molecule has 2 unspecified atom stereocenters. The topological polar surface area (TPSA) is 32.5 Å². The molecule has 0 amide bonds. The fourth-order valence-electron chi connectivity index (χ4n) is 2.96. The summed E-state index contributed by atoms with van der Waals surface area (Å²) in [5.74, 6) is 0.769. The van der Waals surface area contributed by atoms with Gasteiger partial charge < -0.3 is 10.6 Å². The summed E-state index contributed by atoms with van der Waals surface area (Å²) in [5.41, 5.74) is 5.97. The van der Waals surface area contributed by atoms with E-state index >= 15 is 0 Å². The molecule has 0 aliphatic carbocycles. The summed E-state index contributed by atoms with van der Waals surface area (Å²) in [6, 6.07) is 1.32. The van der Waals surface area contributed by atoms with Crippen LogP contribution in [0.15, 0.2) is 0 Å². The van der Waals surface area contributed by atoms with Crippen LogP contribution in [0.4, 0.5) is 0 Å². The number of rotatable bonds is 6. The van der Waals surface area contributed by atoms with Crippen molar-refractivity contribution in [2.75, 3.05) is 33.7 Å². The lowest BCUT2D eigenvalue weighted by molar-refractivity contribution is 0.158. The Morgan fingerprint density at radius 3 is 2.31 bits per heavy atom. The molecular weight excluding hydrogens is 198 g/mol. The Morgan fingerprint density at radius 1 is 1.31 bits per heavy atom. The summed E-state index contributed by atoms with van der Waals surface area (Å²) >= 11 is 0. The molecule has 0 spiro atoms. The van der Waals surface area contributed by atoms with Crippen molar-refractivity contribution in [2.45, 2.75) is 45.2 Å². The maximum absolute atomic E-state index is 5.97. The molecule has 0 aromatic rings. The minimum atomic E-state index is 0.597. The first kappa shape index (κ1) is 13.9. The smallest absolute Gasteiger partial charge is 0.0247 e. The van der Waals surface area contributed by atoms with Crippen molar-refractivity contribution in [1.29, 1.82) is 0 Å². The molecule has 0 radical (unpaired) electrons. The summed E-state index contributed by atoms with van der Waals surface area (Å²) in [7, 11) is 4.37. The van der Waals surface area contributed by atoms with E-state index in [1.54, 1.807) is 0 Å². The standard InChI is InChI=1S/C13H29N3/c1-5-11(6-2)13(9-14)16-8-7-12(10-16)15(3)4/h11-13H,5-10,14H2,1-4H3. The Bertz CT molecular complexity index is 190. The van der Waals surface area contributed by atoms with E-state index in [1.807, 2.05) is 0 Å². The molecule has 3 heteroatoms. The first-order chi connectivity index (χ1) is 7.63. The summed E-state index contributed by atoms with van der Waals surface area (Å²) in [5, 5.41) is 0. The van der Waals surface area contributed by atoms with Crippen LogP contribution in [0.2, 0.25) is 0 Å². The van der Waals surface area contributed by atoms with Gasteiger partial charge >= 0.3 is 0 Å². The summed E-state index contributed by atoms with van der Waals surface area (Å²) in [4.78, 5) is 4.96. The number of hydrogen-bond acceptors (Lipinski definition) is 3. The number of likely N-dealkylation sites (N-methyl/N-ethyl adjacent to an activating group) is 1. The van der Waals surface area contributed by atoms with Gasteiger partial charge in [-0.3, -0.25) is 4.90 Å². The zero-order valence-corrected chi connectivity index (χ0v) is 11.4. The molecule has 1 aliphatic rings. The second-order valence-corrected chi connectivity index (χ2v) is 5.28. The van der Waals surface area contributed by atoms with Gasteiger partial charge in [-0.25, -0.2) is 0 Å². The molecule has 16 heavy (non-hydrogen) atoms. The second kappa shape index (κ2) is 6.58. The third-order valence-electron chi connectivity index (χ3n) is 4.23. The van der Waals surface area contributed by atoms with Crippen LogP contribution >= 0.6 is 0 Å². The number of hydrogen-bond donors (Lipinski definition) is 1. The molecule has 1 saturated heterocycles. The SMILES string of the molecule is CCC(CC)C(CN)N1CCC(N(C)C)C1. The molecule has 96 valence electrons. The van der Waals surface area contributed by atoms with Crippen LogP contribution in [0.3, 0.4) is 0 Å². The van der Waals surface area contributed by atoms with Crippen LogP contribution in [0, 0.1) is 5.92 Å². The highest BCUT2D eigenvalue weighted by molar-refractivity contribution is 4.88. The second-order valence-electron chi connectivity index (χ2n) is 5.28. The van der Waals surface area contributed by atoms with Gasteiger partial charge in [-0.15, -0.1) is 0 Å². The number of nitrogens with zero attached hydrogens (tertiary/aromatic N) is 2. The monoisotopic (exact) mass is 227 g/mol. The highest BCUT2D eigenvalue weighted by atomic mass is 15.3. The first-order valence-corrected chi connectivity index (χ1v) is 6.74. The normalized spacial score (nSPS) is 24.6. The summed E-state index contributed by atoms with van der Waals surface area (Å²) in [6.45, 7) is 7.81. The van der Waals surface area contributed by atoms with E-state index in [9.17, 15) is 0 Å². The van der Waals surface area contributed by atoms with Gasteiger partial charge in [0, 0.05) is 31.7 Å². The quantitative estimate of drug-likeness (QED) is 0.744. The van der Waals surface area contributed by atoms with Gasteiger partial charge in [0.1, 0.15) is 0 Å². The van der Waals surface area contributed by atoms with Crippen LogP contribution in [0.25, 0.3) is 0 Å². The van der Waals surface area contributed by atoms with E-state index in [1.165, 1.54) is 32.4 Å². The van der Waals surface area contributed by atoms with Crippen molar-refractivity contribution in [2.24, 2.45) is 11.7 Å². The Kier molecular flexibility index (Phi) is 5.73. The van der Waals surface area contributed by atoms with Crippen molar-refractivity contribution in [3.63, 3.8) is 0 Å². The first-order valence-electron chi connectivity index (χ1n) is 6.74. The predicted octanol–water partition coefficient (Wildman–Crippen LogP) is 1.39. The van der Waals surface area contributed by atoms with Crippen molar-refractivity contribution >= 4 is 0 Å². The minimum Gasteiger partial charge on any atom is -0.329 e. The highest BCUT2D eigenvalue weighted by Crippen LogP contribution is 2.23. The molecule has 1 fully saturated rings. The Morgan fingerprint density at radius 2 is 1.94 bits per heavy atom. The van der Waals surface area contributed by atoms with Gasteiger partial charge in [0.25, 0.3) is 0 Å². The molecule has 2 atom stereocenters. The van der Waals surface area contributed by atoms with Gasteiger partial charge in [-0.1, -0.05) is 26.7 Å². The molecule has 1 heterocycles. The van der Waals surface area contributed by atoms with Gasteiger partial charge in [-0.2, -0.15) is 0 Å². The molecule has 0 aromatic carbocycles. The molecule has 0 bridgehead atoms. The van der Waals surface area contributed by atoms with Gasteiger partial charge in [0.15, 0.2) is 0 Å². The maximum atomic E-state index is 5.97. The van der Waals surface area contributed by atoms with Crippen molar-refractivity contribution in [3.05, 3.63) is 0 Å². The predicted molar refractivity (Wildman–Crippen MR) is 70.6 cm³/mol. The average Bonchev–Trinajstić information content (AvgIpc) is 2.74. The number of likely N-dealkylation sites (tertiary alicyclic amines) is 1. The summed E-state index contributed by atoms with van der Waals surface area (Å²) in [6.07, 6.45) is 3.80. The van der Waals surface area contributed by atoms with Gasteiger partial charge in [-0.05, 0) is 26.4 Å². The van der Waals surface area contributed by atoms with Crippen molar-refractivity contribution in [1.82, 2.24) is 9.80 Å². The third kappa shape index (κ3) is 3.19. The molecule has 2 N–H and O–H groups in total. The van der Waals surface area contributed by atoms with Gasteiger partial charge in [0.2, 0.25) is 0 Å². The minimum absolute atomic E-state index is 0.597. The maximum Gasteiger partial charge on any atom is 0.0247 e. The van der Waals surface area contributed by atoms with Crippen LogP contribution < -0.4 is 5.73 Å². The van der Waals surface area contributed by atoms with Crippen LogP contribution in [0.1, 0.15) is 33.1 Å². The van der Waals surface area contributed by atoms with E-state index in [2.05, 4.69) is 37.7 Å². The number of nitrogens with two attached hydrogens (primary N) is 1. The van der Waals surface area contributed by atoms with Gasteiger partial charge in [0.05, 0.1) is 0 Å². The van der Waals surface area contributed by atoms with E-state index in [4.69, 9.17) is 5.73 Å². The lowest BCUT2D eigenvalue weighted by Gasteiger charge is -2.33. The Labute approximate surface area is 101 Å². The third-order valence-corrected chi connectivity index (χ3v) is 4.23. The van der Waals surface area contributed by atoms with E-state index < -0.39 is 0 Å². The van der Waals surface area contributed by atoms with Crippen molar-refractivity contribution < 1.29 is 0 Å². The lowest BCUT2D eigenvalue weighted by Crippen LogP contribution is -2.45. The van der Waals surface area contributed by atoms with E-state index in [0.29, 0.717) is 6.04 Å². The van der Waals surface area contributed by atoms with Crippen LogP contribution in [-0.2, 0) is 0 Å². The molecule has 1 aliphatic heterocycles. The van der Waals surface area contributed by atoms with Crippen LogP contribution in [0.5, 0.6) is 0 Å².